The van der Waals surface area contributed by atoms with Crippen LogP contribution >= 0.6 is 0 Å². The Kier molecular flexibility index (Phi) is 6.40. The van der Waals surface area contributed by atoms with Gasteiger partial charge < -0.3 is 19.5 Å². The topological polar surface area (TPSA) is 82.6 Å². The number of hydrogen-bond donors (Lipinski definition) is 1. The summed E-state index contributed by atoms with van der Waals surface area (Å²) in [5.74, 6) is 0.0482. The van der Waals surface area contributed by atoms with E-state index in [2.05, 4.69) is 20.0 Å². The second-order valence-corrected chi connectivity index (χ2v) is 6.54. The summed E-state index contributed by atoms with van der Waals surface area (Å²) in [6, 6.07) is 4.79. The Morgan fingerprint density at radius 3 is 2.34 bits per heavy atom. The molecule has 29 heavy (non-hydrogen) atoms. The maximum Gasteiger partial charge on any atom is 0.573 e. The lowest BCUT2D eigenvalue weighted by Gasteiger charge is -2.29. The summed E-state index contributed by atoms with van der Waals surface area (Å²) in [4.78, 5) is 20.5. The molecule has 0 radical (unpaired) electrons. The summed E-state index contributed by atoms with van der Waals surface area (Å²) in [5.41, 5.74) is 0.268. The number of benzene rings is 1. The average Bonchev–Trinajstić information content (AvgIpc) is 2.69. The molecule has 1 aromatic carbocycles. The van der Waals surface area contributed by atoms with Gasteiger partial charge in [0.2, 0.25) is 11.8 Å². The summed E-state index contributed by atoms with van der Waals surface area (Å²) >= 11 is 0. The first kappa shape index (κ1) is 20.7. The fraction of sp³-hybridized carbons (Fsp3) is 0.421. The Labute approximate surface area is 165 Å². The number of rotatable bonds is 6. The van der Waals surface area contributed by atoms with E-state index in [-0.39, 0.29) is 29.4 Å². The highest BCUT2D eigenvalue weighted by molar-refractivity contribution is 5.94. The summed E-state index contributed by atoms with van der Waals surface area (Å²) < 4.78 is 51.2. The van der Waals surface area contributed by atoms with E-state index in [1.807, 2.05) is 0 Å². The first-order valence-corrected chi connectivity index (χ1v) is 9.02. The van der Waals surface area contributed by atoms with E-state index in [9.17, 15) is 18.0 Å². The van der Waals surface area contributed by atoms with Crippen LogP contribution in [0.5, 0.6) is 17.5 Å². The molecule has 1 fully saturated rings. The van der Waals surface area contributed by atoms with Crippen molar-refractivity contribution in [1.29, 1.82) is 0 Å². The van der Waals surface area contributed by atoms with Crippen LogP contribution in [0.15, 0.2) is 36.7 Å². The maximum absolute atomic E-state index is 12.3. The van der Waals surface area contributed by atoms with E-state index < -0.39 is 6.36 Å². The van der Waals surface area contributed by atoms with Crippen LogP contribution in [0.2, 0.25) is 0 Å². The predicted octanol–water partition coefficient (Wildman–Crippen LogP) is 3.50. The van der Waals surface area contributed by atoms with Gasteiger partial charge in [-0.2, -0.15) is 4.98 Å². The Morgan fingerprint density at radius 1 is 1.07 bits per heavy atom. The number of carbonyl (C=O) groups is 1. The summed E-state index contributed by atoms with van der Waals surface area (Å²) in [6.45, 7) is 0. The zero-order valence-electron chi connectivity index (χ0n) is 15.6. The second-order valence-electron chi connectivity index (χ2n) is 6.54. The number of alkyl halides is 3. The quantitative estimate of drug-likeness (QED) is 0.784. The molecule has 1 amide bonds. The minimum atomic E-state index is -4.76. The van der Waals surface area contributed by atoms with Crippen molar-refractivity contribution in [2.75, 3.05) is 7.11 Å². The molecule has 3 rings (SSSR count). The van der Waals surface area contributed by atoms with Gasteiger partial charge in [0.05, 0.1) is 19.5 Å². The Bertz CT molecular complexity index is 822. The third kappa shape index (κ3) is 6.23. The third-order valence-electron chi connectivity index (χ3n) is 4.45. The Hall–Kier alpha value is -3.04. The van der Waals surface area contributed by atoms with Gasteiger partial charge in [-0.15, -0.1) is 13.2 Å². The summed E-state index contributed by atoms with van der Waals surface area (Å²) in [7, 11) is 1.50. The van der Waals surface area contributed by atoms with E-state index >= 15 is 0 Å². The molecule has 0 bridgehead atoms. The van der Waals surface area contributed by atoms with Gasteiger partial charge in [0.1, 0.15) is 11.9 Å². The highest BCUT2D eigenvalue weighted by Crippen LogP contribution is 2.25. The van der Waals surface area contributed by atoms with Crippen LogP contribution in [-0.4, -0.2) is 41.5 Å². The lowest BCUT2D eigenvalue weighted by molar-refractivity contribution is -0.274. The molecule has 7 nitrogen and oxygen atoms in total. The zero-order valence-corrected chi connectivity index (χ0v) is 15.6. The van der Waals surface area contributed by atoms with E-state index in [0.29, 0.717) is 24.6 Å². The minimum Gasteiger partial charge on any atom is -0.480 e. The maximum atomic E-state index is 12.3. The smallest absolute Gasteiger partial charge is 0.480 e. The number of nitrogens with one attached hydrogen (secondary N) is 1. The van der Waals surface area contributed by atoms with Crippen molar-refractivity contribution in [2.24, 2.45) is 0 Å². The number of amides is 1. The standard InChI is InChI=1S/C19H20F3N3O4/c1-27-16-10-23-11-17(25-16)28-14-8-4-13(5-9-14)24-18(26)12-2-6-15(7-3-12)29-19(20,21)22/h2-3,6-7,10-11,13-14H,4-5,8-9H2,1H3,(H,24,26). The molecule has 1 aliphatic rings. The Balaban J connectivity index is 1.47. The molecule has 0 aliphatic heterocycles. The molecule has 0 atom stereocenters. The minimum absolute atomic E-state index is 0.0372. The molecular formula is C19H20F3N3O4. The van der Waals surface area contributed by atoms with Crippen LogP contribution in [0.1, 0.15) is 36.0 Å². The first-order valence-electron chi connectivity index (χ1n) is 9.02. The van der Waals surface area contributed by atoms with Crippen molar-refractivity contribution in [3.8, 4) is 17.5 Å². The molecule has 1 N–H and O–H groups in total. The lowest BCUT2D eigenvalue weighted by atomic mass is 9.92. The molecule has 156 valence electrons. The SMILES string of the molecule is COc1cncc(OC2CCC(NC(=O)c3ccc(OC(F)(F)F)cc3)CC2)n1. The van der Waals surface area contributed by atoms with E-state index in [4.69, 9.17) is 9.47 Å². The Morgan fingerprint density at radius 2 is 1.72 bits per heavy atom. The normalized spacial score (nSPS) is 19.3. The molecule has 10 heteroatoms. The predicted molar refractivity (Wildman–Crippen MR) is 95.8 cm³/mol. The van der Waals surface area contributed by atoms with E-state index in [1.54, 1.807) is 0 Å². The fourth-order valence-electron chi connectivity index (χ4n) is 3.06. The van der Waals surface area contributed by atoms with Crippen molar-refractivity contribution in [1.82, 2.24) is 15.3 Å². The number of aromatic nitrogens is 2. The zero-order chi connectivity index (χ0) is 20.9. The van der Waals surface area contributed by atoms with Crippen molar-refractivity contribution < 1.29 is 32.2 Å². The summed E-state index contributed by atoms with van der Waals surface area (Å²) in [5, 5.41) is 2.90. The van der Waals surface area contributed by atoms with Crippen molar-refractivity contribution in [3.63, 3.8) is 0 Å². The highest BCUT2D eigenvalue weighted by Gasteiger charge is 2.31. The van der Waals surface area contributed by atoms with Crippen molar-refractivity contribution >= 4 is 5.91 Å². The van der Waals surface area contributed by atoms with Crippen LogP contribution in [-0.2, 0) is 0 Å². The van der Waals surface area contributed by atoms with Crippen molar-refractivity contribution in [3.05, 3.63) is 42.2 Å². The molecule has 1 saturated carbocycles. The van der Waals surface area contributed by atoms with E-state index in [1.165, 1.54) is 31.6 Å². The molecule has 0 saturated heterocycles. The van der Waals surface area contributed by atoms with Crippen LogP contribution in [0.3, 0.4) is 0 Å². The molecule has 2 aromatic rings. The fourth-order valence-corrected chi connectivity index (χ4v) is 3.06. The molecular weight excluding hydrogens is 391 g/mol. The van der Waals surface area contributed by atoms with Gasteiger partial charge in [0.25, 0.3) is 5.91 Å². The highest BCUT2D eigenvalue weighted by atomic mass is 19.4. The van der Waals surface area contributed by atoms with Gasteiger partial charge >= 0.3 is 6.36 Å². The van der Waals surface area contributed by atoms with E-state index in [0.717, 1.165) is 25.0 Å². The number of carbonyl (C=O) groups excluding carboxylic acids is 1. The average molecular weight is 411 g/mol. The van der Waals surface area contributed by atoms with Crippen LogP contribution in [0.4, 0.5) is 13.2 Å². The summed E-state index contributed by atoms with van der Waals surface area (Å²) in [6.07, 6.45) is 1.07. The second kappa shape index (κ2) is 8.97. The number of hydrogen-bond acceptors (Lipinski definition) is 6. The first-order chi connectivity index (χ1) is 13.8. The molecule has 1 aliphatic carbocycles. The monoisotopic (exact) mass is 411 g/mol. The van der Waals surface area contributed by atoms with Crippen LogP contribution < -0.4 is 19.5 Å². The van der Waals surface area contributed by atoms with Gasteiger partial charge in [-0.3, -0.25) is 9.78 Å². The molecule has 1 aromatic heterocycles. The number of nitrogens with zero attached hydrogens (tertiary/aromatic N) is 2. The van der Waals surface area contributed by atoms with Crippen molar-refractivity contribution in [2.45, 2.75) is 44.2 Å². The molecule has 0 unspecified atom stereocenters. The van der Waals surface area contributed by atoms with Crippen LogP contribution in [0, 0.1) is 0 Å². The van der Waals surface area contributed by atoms with Gasteiger partial charge in [-0.25, -0.2) is 0 Å². The largest absolute Gasteiger partial charge is 0.573 e. The number of ether oxygens (including phenoxy) is 3. The molecule has 0 spiro atoms. The van der Waals surface area contributed by atoms with Gasteiger partial charge in [0, 0.05) is 11.6 Å². The van der Waals surface area contributed by atoms with Gasteiger partial charge in [-0.05, 0) is 49.9 Å². The number of halogens is 3. The molecule has 1 heterocycles. The third-order valence-corrected chi connectivity index (χ3v) is 4.45. The van der Waals surface area contributed by atoms with Gasteiger partial charge in [0.15, 0.2) is 0 Å². The van der Waals surface area contributed by atoms with Gasteiger partial charge in [-0.1, -0.05) is 0 Å². The van der Waals surface area contributed by atoms with Crippen LogP contribution in [0.25, 0.3) is 0 Å². The lowest BCUT2D eigenvalue weighted by Crippen LogP contribution is -2.39. The number of methoxy groups -OCH3 is 1.